The molecular weight excluding hydrogens is 273 g/mol. The van der Waals surface area contributed by atoms with E-state index in [0.29, 0.717) is 6.42 Å². The second kappa shape index (κ2) is 6.72. The Morgan fingerprint density at radius 1 is 1.17 bits per heavy atom. The second-order valence-electron chi connectivity index (χ2n) is 3.61. The molecule has 18 heavy (non-hydrogen) atoms. The van der Waals surface area contributed by atoms with Gasteiger partial charge in [0.05, 0.1) is 0 Å². The monoisotopic (exact) mass is 288 g/mol. The highest BCUT2D eigenvalue weighted by molar-refractivity contribution is 7.88. The minimum Gasteiger partial charge on any atom is -0.361 e. The van der Waals surface area contributed by atoms with Crippen molar-refractivity contribution in [1.29, 1.82) is 10.8 Å². The van der Waals surface area contributed by atoms with Crippen molar-refractivity contribution in [1.82, 2.24) is 0 Å². The lowest BCUT2D eigenvalue weighted by molar-refractivity contribution is -0.0505. The molecule has 0 rings (SSSR count). The van der Waals surface area contributed by atoms with Crippen LogP contribution in [0.3, 0.4) is 0 Å². The molecule has 0 bridgehead atoms. The maximum absolute atomic E-state index is 11.9. The van der Waals surface area contributed by atoms with Crippen molar-refractivity contribution in [3.05, 3.63) is 0 Å². The van der Waals surface area contributed by atoms with Crippen LogP contribution in [0, 0.1) is 10.8 Å². The van der Waals surface area contributed by atoms with Crippen LogP contribution in [0.1, 0.15) is 39.0 Å². The first-order valence-electron chi connectivity index (χ1n) is 5.24. The molecule has 0 aliphatic rings. The molecule has 0 atom stereocenters. The molecule has 0 aromatic carbocycles. The molecule has 0 aromatic rings. The number of nitrogens with one attached hydrogen (secondary N) is 2. The van der Waals surface area contributed by atoms with E-state index in [2.05, 4.69) is 4.18 Å². The first-order valence-corrected chi connectivity index (χ1v) is 6.65. The third-order valence-corrected chi connectivity index (χ3v) is 2.97. The molecule has 0 saturated carbocycles. The first kappa shape index (κ1) is 16.9. The van der Waals surface area contributed by atoms with E-state index < -0.39 is 21.5 Å². The fraction of sp³-hybridized carbons (Fsp3) is 0.778. The normalized spacial score (nSPS) is 12.2. The summed E-state index contributed by atoms with van der Waals surface area (Å²) in [4.78, 5) is 0. The van der Waals surface area contributed by atoms with Gasteiger partial charge in [0.1, 0.15) is 0 Å². The highest BCUT2D eigenvalue weighted by Crippen LogP contribution is 2.25. The van der Waals surface area contributed by atoms with E-state index in [1.807, 2.05) is 6.92 Å². The van der Waals surface area contributed by atoms with Crippen LogP contribution >= 0.6 is 0 Å². The molecule has 0 spiro atoms. The van der Waals surface area contributed by atoms with Crippen LogP contribution in [0.15, 0.2) is 0 Å². The van der Waals surface area contributed by atoms with Crippen LogP contribution in [0.25, 0.3) is 0 Å². The third kappa shape index (κ3) is 5.99. The summed E-state index contributed by atoms with van der Waals surface area (Å²) in [6.07, 6.45) is 1.81. The SMILES string of the molecule is CCCCC(=N)CCC(=N)OS(=O)(=O)C(F)(F)F. The topological polar surface area (TPSA) is 91.1 Å². The van der Waals surface area contributed by atoms with Gasteiger partial charge in [-0.05, 0) is 19.3 Å². The molecule has 106 valence electrons. The number of hydrogen-bond donors (Lipinski definition) is 2. The Balaban J connectivity index is 4.18. The number of alkyl halides is 3. The maximum atomic E-state index is 11.9. The van der Waals surface area contributed by atoms with Crippen LogP contribution in [0.2, 0.25) is 0 Å². The summed E-state index contributed by atoms with van der Waals surface area (Å²) in [5, 5.41) is 14.4. The van der Waals surface area contributed by atoms with Crippen LogP contribution in [0.4, 0.5) is 13.2 Å². The zero-order chi connectivity index (χ0) is 14.4. The Kier molecular flexibility index (Phi) is 6.30. The van der Waals surface area contributed by atoms with Crippen LogP contribution < -0.4 is 0 Å². The van der Waals surface area contributed by atoms with E-state index in [4.69, 9.17) is 10.8 Å². The molecule has 5 nitrogen and oxygen atoms in total. The predicted molar refractivity (Wildman–Crippen MR) is 60.3 cm³/mol. The van der Waals surface area contributed by atoms with Crippen molar-refractivity contribution in [2.75, 3.05) is 0 Å². The van der Waals surface area contributed by atoms with Crippen molar-refractivity contribution < 1.29 is 25.8 Å². The summed E-state index contributed by atoms with van der Waals surface area (Å²) in [5.74, 6) is -1.01. The van der Waals surface area contributed by atoms with Gasteiger partial charge in [0.15, 0.2) is 0 Å². The fourth-order valence-corrected chi connectivity index (χ4v) is 1.44. The molecule has 2 N–H and O–H groups in total. The van der Waals surface area contributed by atoms with Gasteiger partial charge >= 0.3 is 15.6 Å². The van der Waals surface area contributed by atoms with Gasteiger partial charge in [-0.3, -0.25) is 5.41 Å². The second-order valence-corrected chi connectivity index (χ2v) is 5.15. The molecule has 0 aliphatic heterocycles. The molecular formula is C9H15F3N2O3S. The van der Waals surface area contributed by atoms with Crippen LogP contribution in [-0.4, -0.2) is 25.5 Å². The highest BCUT2D eigenvalue weighted by atomic mass is 32.2. The maximum Gasteiger partial charge on any atom is 0.534 e. The van der Waals surface area contributed by atoms with Crippen molar-refractivity contribution in [3.63, 3.8) is 0 Å². The van der Waals surface area contributed by atoms with Gasteiger partial charge in [0.25, 0.3) is 0 Å². The summed E-state index contributed by atoms with van der Waals surface area (Å²) in [7, 11) is -5.76. The lowest BCUT2D eigenvalue weighted by Gasteiger charge is -2.10. The largest absolute Gasteiger partial charge is 0.534 e. The number of hydrogen-bond acceptors (Lipinski definition) is 5. The van der Waals surface area contributed by atoms with Gasteiger partial charge in [-0.25, -0.2) is 0 Å². The van der Waals surface area contributed by atoms with Gasteiger partial charge < -0.3 is 9.59 Å². The van der Waals surface area contributed by atoms with Crippen molar-refractivity contribution >= 4 is 21.7 Å². The molecule has 0 amide bonds. The zero-order valence-electron chi connectivity index (χ0n) is 9.80. The van der Waals surface area contributed by atoms with Gasteiger partial charge in [-0.2, -0.15) is 21.6 Å². The van der Waals surface area contributed by atoms with Crippen LogP contribution in [-0.2, 0) is 14.3 Å². The van der Waals surface area contributed by atoms with E-state index in [0.717, 1.165) is 12.8 Å². The van der Waals surface area contributed by atoms with Gasteiger partial charge in [-0.1, -0.05) is 13.3 Å². The quantitative estimate of drug-likeness (QED) is 0.326. The van der Waals surface area contributed by atoms with E-state index in [1.54, 1.807) is 0 Å². The lowest BCUT2D eigenvalue weighted by Crippen LogP contribution is -2.28. The predicted octanol–water partition coefficient (Wildman–Crippen LogP) is 2.82. The standard InChI is InChI=1S/C9H15F3N2O3S/c1-2-3-4-7(13)5-6-8(14)17-18(15,16)9(10,11)12/h13-14H,2-6H2,1H3. The van der Waals surface area contributed by atoms with Gasteiger partial charge in [0, 0.05) is 12.1 Å². The zero-order valence-corrected chi connectivity index (χ0v) is 10.6. The molecule has 0 saturated heterocycles. The van der Waals surface area contributed by atoms with E-state index >= 15 is 0 Å². The summed E-state index contributed by atoms with van der Waals surface area (Å²) >= 11 is 0. The lowest BCUT2D eigenvalue weighted by atomic mass is 10.1. The molecule has 0 fully saturated rings. The molecule has 9 heteroatoms. The molecule has 0 heterocycles. The van der Waals surface area contributed by atoms with E-state index in [1.165, 1.54) is 0 Å². The highest BCUT2D eigenvalue weighted by Gasteiger charge is 2.48. The van der Waals surface area contributed by atoms with Gasteiger partial charge in [-0.15, -0.1) is 0 Å². The Morgan fingerprint density at radius 2 is 1.72 bits per heavy atom. The average Bonchev–Trinajstić information content (AvgIpc) is 2.21. The summed E-state index contributed by atoms with van der Waals surface area (Å²) < 4.78 is 60.4. The number of unbranched alkanes of at least 4 members (excludes halogenated alkanes) is 1. The van der Waals surface area contributed by atoms with E-state index in [-0.39, 0.29) is 18.6 Å². The summed E-state index contributed by atoms with van der Waals surface area (Å²) in [5.41, 5.74) is -5.27. The summed E-state index contributed by atoms with van der Waals surface area (Å²) in [6, 6.07) is 0. The first-order chi connectivity index (χ1) is 8.10. The Hall–Kier alpha value is -1.12. The smallest absolute Gasteiger partial charge is 0.361 e. The molecule has 0 radical (unpaired) electrons. The van der Waals surface area contributed by atoms with Crippen molar-refractivity contribution in [2.45, 2.75) is 44.5 Å². The van der Waals surface area contributed by atoms with Crippen molar-refractivity contribution in [2.24, 2.45) is 0 Å². The average molecular weight is 288 g/mol. The fourth-order valence-electron chi connectivity index (χ4n) is 1.00. The van der Waals surface area contributed by atoms with Crippen LogP contribution in [0.5, 0.6) is 0 Å². The van der Waals surface area contributed by atoms with Gasteiger partial charge in [0.2, 0.25) is 5.90 Å². The molecule has 0 unspecified atom stereocenters. The van der Waals surface area contributed by atoms with Crippen molar-refractivity contribution in [3.8, 4) is 0 Å². The Bertz CT molecular complexity index is 404. The minimum absolute atomic E-state index is 0.0201. The number of halogens is 3. The molecule has 0 aliphatic carbocycles. The molecule has 0 aromatic heterocycles. The Labute approximate surface area is 103 Å². The van der Waals surface area contributed by atoms with E-state index in [9.17, 15) is 21.6 Å². The summed E-state index contributed by atoms with van der Waals surface area (Å²) in [6.45, 7) is 1.92. The third-order valence-electron chi connectivity index (χ3n) is 1.98. The minimum atomic E-state index is -5.76. The number of rotatable bonds is 7. The Morgan fingerprint density at radius 3 is 2.17 bits per heavy atom.